The first-order valence-electron chi connectivity index (χ1n) is 7.11. The van der Waals surface area contributed by atoms with Crippen molar-refractivity contribution < 1.29 is 17.9 Å². The Balaban J connectivity index is 2.63. The summed E-state index contributed by atoms with van der Waals surface area (Å²) in [5.74, 6) is 0.206. The molecule has 0 aliphatic carbocycles. The third-order valence-corrected chi connectivity index (χ3v) is 4.46. The van der Waals surface area contributed by atoms with Crippen LogP contribution in [-0.4, -0.2) is 32.7 Å². The summed E-state index contributed by atoms with van der Waals surface area (Å²) in [7, 11) is -3.44. The molecular weight excluding hydrogens is 290 g/mol. The van der Waals surface area contributed by atoms with Crippen molar-refractivity contribution in [2.24, 2.45) is 0 Å². The normalized spacial score (nSPS) is 11.4. The lowest BCUT2D eigenvalue weighted by Crippen LogP contribution is -2.26. The highest BCUT2D eigenvalue weighted by atomic mass is 32.2. The molecule has 0 spiro atoms. The van der Waals surface area contributed by atoms with Crippen LogP contribution in [0.2, 0.25) is 0 Å². The van der Waals surface area contributed by atoms with Gasteiger partial charge in [-0.25, -0.2) is 8.42 Å². The van der Waals surface area contributed by atoms with Gasteiger partial charge in [0.05, 0.1) is 16.8 Å². The van der Waals surface area contributed by atoms with Gasteiger partial charge in [0.2, 0.25) is 5.91 Å². The van der Waals surface area contributed by atoms with E-state index >= 15 is 0 Å². The van der Waals surface area contributed by atoms with E-state index in [1.54, 1.807) is 12.1 Å². The number of carbonyl (C=O) groups is 1. The first-order valence-corrected chi connectivity index (χ1v) is 8.76. The molecule has 21 heavy (non-hydrogen) atoms. The fraction of sp³-hybridized carbons (Fsp3) is 0.533. The highest BCUT2D eigenvalue weighted by Gasteiger charge is 2.16. The Morgan fingerprint density at radius 1 is 1.24 bits per heavy atom. The number of carbonyl (C=O) groups excluding carboxylic acids is 1. The summed E-state index contributed by atoms with van der Waals surface area (Å²) >= 11 is 0. The van der Waals surface area contributed by atoms with Gasteiger partial charge in [-0.2, -0.15) is 0 Å². The molecule has 0 bridgehead atoms. The molecule has 0 radical (unpaired) electrons. The molecule has 0 aliphatic heterocycles. The van der Waals surface area contributed by atoms with Crippen molar-refractivity contribution in [3.05, 3.63) is 24.3 Å². The van der Waals surface area contributed by atoms with Gasteiger partial charge in [0, 0.05) is 13.0 Å². The van der Waals surface area contributed by atoms with Crippen LogP contribution in [0.5, 0.6) is 5.75 Å². The molecular formula is C15H23NO4S. The number of rotatable bonds is 8. The number of benzene rings is 1. The molecule has 1 rings (SSSR count). The Morgan fingerprint density at radius 3 is 2.38 bits per heavy atom. The summed E-state index contributed by atoms with van der Waals surface area (Å²) < 4.78 is 29.7. The Bertz CT molecular complexity index is 550. The van der Waals surface area contributed by atoms with E-state index in [9.17, 15) is 13.2 Å². The molecule has 118 valence electrons. The van der Waals surface area contributed by atoms with Crippen LogP contribution in [-0.2, 0) is 14.6 Å². The number of hydrogen-bond donors (Lipinski definition) is 1. The van der Waals surface area contributed by atoms with Crippen molar-refractivity contribution in [1.29, 1.82) is 0 Å². The Kier molecular flexibility index (Phi) is 6.68. The first kappa shape index (κ1) is 17.5. The maximum absolute atomic E-state index is 12.1. The van der Waals surface area contributed by atoms with Crippen LogP contribution in [0.1, 0.15) is 33.6 Å². The van der Waals surface area contributed by atoms with Crippen LogP contribution in [0.25, 0.3) is 0 Å². The zero-order valence-electron chi connectivity index (χ0n) is 12.8. The zero-order valence-corrected chi connectivity index (χ0v) is 13.6. The predicted octanol–water partition coefficient (Wildman–Crippen LogP) is 2.16. The van der Waals surface area contributed by atoms with Gasteiger partial charge < -0.3 is 10.1 Å². The third kappa shape index (κ3) is 6.16. The minimum absolute atomic E-state index is 0.0213. The molecule has 0 aliphatic rings. The van der Waals surface area contributed by atoms with E-state index in [0.29, 0.717) is 12.3 Å². The lowest BCUT2D eigenvalue weighted by atomic mass is 10.3. The number of hydrogen-bond acceptors (Lipinski definition) is 4. The summed E-state index contributed by atoms with van der Waals surface area (Å²) in [5, 5.41) is 2.66. The van der Waals surface area contributed by atoms with Gasteiger partial charge in [0.25, 0.3) is 0 Å². The molecule has 0 saturated carbocycles. The van der Waals surface area contributed by atoms with Gasteiger partial charge in [-0.15, -0.1) is 0 Å². The second kappa shape index (κ2) is 8.02. The average molecular weight is 313 g/mol. The fourth-order valence-electron chi connectivity index (χ4n) is 1.70. The van der Waals surface area contributed by atoms with E-state index in [0.717, 1.165) is 6.42 Å². The molecule has 0 saturated heterocycles. The quantitative estimate of drug-likeness (QED) is 0.798. The summed E-state index contributed by atoms with van der Waals surface area (Å²) in [5.41, 5.74) is 0. The Hall–Kier alpha value is -1.56. The highest BCUT2D eigenvalue weighted by Crippen LogP contribution is 2.18. The van der Waals surface area contributed by atoms with Crippen molar-refractivity contribution in [2.75, 3.05) is 12.3 Å². The predicted molar refractivity (Wildman–Crippen MR) is 82.2 cm³/mol. The molecule has 0 aromatic heterocycles. The van der Waals surface area contributed by atoms with Gasteiger partial charge in [-0.1, -0.05) is 6.92 Å². The highest BCUT2D eigenvalue weighted by molar-refractivity contribution is 7.91. The van der Waals surface area contributed by atoms with E-state index in [4.69, 9.17) is 4.74 Å². The number of amides is 1. The van der Waals surface area contributed by atoms with E-state index < -0.39 is 9.84 Å². The third-order valence-electron chi connectivity index (χ3n) is 2.72. The van der Waals surface area contributed by atoms with Gasteiger partial charge in [0.1, 0.15) is 5.75 Å². The van der Waals surface area contributed by atoms with Crippen molar-refractivity contribution >= 4 is 15.7 Å². The van der Waals surface area contributed by atoms with Crippen LogP contribution in [0.4, 0.5) is 0 Å². The van der Waals surface area contributed by atoms with Crippen molar-refractivity contribution in [3.8, 4) is 5.75 Å². The molecule has 1 aromatic rings. The molecule has 0 heterocycles. The number of nitrogens with one attached hydrogen (secondary N) is 1. The monoisotopic (exact) mass is 313 g/mol. The molecule has 1 amide bonds. The van der Waals surface area contributed by atoms with E-state index in [1.165, 1.54) is 12.1 Å². The van der Waals surface area contributed by atoms with E-state index in [1.807, 2.05) is 20.8 Å². The van der Waals surface area contributed by atoms with E-state index in [2.05, 4.69) is 5.32 Å². The largest absolute Gasteiger partial charge is 0.491 e. The Morgan fingerprint density at radius 2 is 1.86 bits per heavy atom. The van der Waals surface area contributed by atoms with Crippen LogP contribution in [0, 0.1) is 0 Å². The smallest absolute Gasteiger partial charge is 0.221 e. The summed E-state index contributed by atoms with van der Waals surface area (Å²) in [6.07, 6.45) is 0.845. The summed E-state index contributed by atoms with van der Waals surface area (Å²) in [6.45, 7) is 6.32. The van der Waals surface area contributed by atoms with Crippen molar-refractivity contribution in [2.45, 2.75) is 44.6 Å². The topological polar surface area (TPSA) is 72.5 Å². The lowest BCUT2D eigenvalue weighted by molar-refractivity contribution is -0.120. The zero-order chi connectivity index (χ0) is 15.9. The molecule has 1 aromatic carbocycles. The van der Waals surface area contributed by atoms with Gasteiger partial charge in [-0.3, -0.25) is 4.79 Å². The van der Waals surface area contributed by atoms with Crippen LogP contribution in [0.15, 0.2) is 29.2 Å². The van der Waals surface area contributed by atoms with E-state index in [-0.39, 0.29) is 29.1 Å². The molecule has 1 N–H and O–H groups in total. The lowest BCUT2D eigenvalue weighted by Gasteiger charge is -2.10. The minimum atomic E-state index is -3.44. The SMILES string of the molecule is CCCNC(=O)CCS(=O)(=O)c1ccc(OC(C)C)cc1. The van der Waals surface area contributed by atoms with Gasteiger partial charge in [0.15, 0.2) is 9.84 Å². The van der Waals surface area contributed by atoms with Crippen molar-refractivity contribution in [3.63, 3.8) is 0 Å². The fourth-order valence-corrected chi connectivity index (χ4v) is 2.94. The minimum Gasteiger partial charge on any atom is -0.491 e. The summed E-state index contributed by atoms with van der Waals surface area (Å²) in [4.78, 5) is 11.7. The second-order valence-corrected chi connectivity index (χ2v) is 7.17. The van der Waals surface area contributed by atoms with Crippen molar-refractivity contribution in [1.82, 2.24) is 5.32 Å². The van der Waals surface area contributed by atoms with Crippen LogP contribution in [0.3, 0.4) is 0 Å². The molecule has 6 heteroatoms. The average Bonchev–Trinajstić information content (AvgIpc) is 2.43. The molecule has 0 unspecified atom stereocenters. The maximum Gasteiger partial charge on any atom is 0.221 e. The maximum atomic E-state index is 12.1. The van der Waals surface area contributed by atoms with Crippen LogP contribution >= 0.6 is 0 Å². The second-order valence-electron chi connectivity index (χ2n) is 5.06. The number of ether oxygens (including phenoxy) is 1. The van der Waals surface area contributed by atoms with Gasteiger partial charge >= 0.3 is 0 Å². The first-order chi connectivity index (χ1) is 9.85. The van der Waals surface area contributed by atoms with Crippen LogP contribution < -0.4 is 10.1 Å². The molecule has 0 atom stereocenters. The number of sulfone groups is 1. The summed E-state index contributed by atoms with van der Waals surface area (Å²) in [6, 6.07) is 6.28. The molecule has 5 nitrogen and oxygen atoms in total. The van der Waals surface area contributed by atoms with Gasteiger partial charge in [-0.05, 0) is 44.5 Å². The standard InChI is InChI=1S/C15H23NO4S/c1-4-10-16-15(17)9-11-21(18,19)14-7-5-13(6-8-14)20-12(2)3/h5-8,12H,4,9-11H2,1-3H3,(H,16,17). The molecule has 0 fully saturated rings. The Labute approximate surface area is 126 Å².